The molecule has 0 aromatic heterocycles. The van der Waals surface area contributed by atoms with Crippen LogP contribution in [0.4, 0.5) is 10.1 Å². The molecule has 0 heterocycles. The van der Waals surface area contributed by atoms with Gasteiger partial charge in [-0.2, -0.15) is 5.26 Å². The fraction of sp³-hybridized carbons (Fsp3) is 0.278. The summed E-state index contributed by atoms with van der Waals surface area (Å²) in [6.45, 7) is 4.12. The maximum atomic E-state index is 13.6. The molecule has 2 nitrogen and oxygen atoms in total. The van der Waals surface area contributed by atoms with Crippen LogP contribution in [0, 0.1) is 17.1 Å². The normalized spacial score (nSPS) is 11.0. The zero-order chi connectivity index (χ0) is 15.3. The number of hydrogen-bond donors (Lipinski definition) is 1. The molecule has 0 amide bonds. The van der Waals surface area contributed by atoms with Crippen LogP contribution in [0.25, 0.3) is 0 Å². The molecule has 0 spiro atoms. The van der Waals surface area contributed by atoms with Crippen LogP contribution in [-0.2, 0) is 6.42 Å². The van der Waals surface area contributed by atoms with E-state index >= 15 is 0 Å². The van der Waals surface area contributed by atoms with Crippen molar-refractivity contribution in [1.82, 2.24) is 0 Å². The minimum atomic E-state index is -0.485. The van der Waals surface area contributed by atoms with Gasteiger partial charge in [0.1, 0.15) is 17.4 Å². The van der Waals surface area contributed by atoms with Gasteiger partial charge in [0.05, 0.1) is 5.69 Å². The first kappa shape index (κ1) is 15.1. The van der Waals surface area contributed by atoms with E-state index in [1.165, 1.54) is 11.6 Å². The predicted octanol–water partition coefficient (Wildman–Crippen LogP) is 4.52. The Morgan fingerprint density at radius 3 is 2.48 bits per heavy atom. The van der Waals surface area contributed by atoms with E-state index in [1.807, 2.05) is 24.3 Å². The summed E-state index contributed by atoms with van der Waals surface area (Å²) in [6.07, 6.45) is 1.82. The molecule has 2 aromatic carbocycles. The summed E-state index contributed by atoms with van der Waals surface area (Å²) in [4.78, 5) is 0. The van der Waals surface area contributed by atoms with Crippen LogP contribution in [0.5, 0.6) is 0 Å². The van der Waals surface area contributed by atoms with Crippen LogP contribution >= 0.6 is 0 Å². The van der Waals surface area contributed by atoms with E-state index in [2.05, 4.69) is 31.3 Å². The first-order valence-corrected chi connectivity index (χ1v) is 7.02. The van der Waals surface area contributed by atoms with E-state index in [4.69, 9.17) is 5.26 Å². The summed E-state index contributed by atoms with van der Waals surface area (Å²) in [7, 11) is 0. The topological polar surface area (TPSA) is 35.8 Å². The van der Waals surface area contributed by atoms with Crippen LogP contribution < -0.4 is 5.32 Å². The molecule has 2 rings (SSSR count). The van der Waals surface area contributed by atoms with Crippen molar-refractivity contribution in [2.45, 2.75) is 32.2 Å². The van der Waals surface area contributed by atoms with Crippen molar-refractivity contribution in [3.63, 3.8) is 0 Å². The molecule has 0 saturated carbocycles. The molecule has 0 aliphatic heterocycles. The van der Waals surface area contributed by atoms with Gasteiger partial charge in [0.2, 0.25) is 0 Å². The lowest BCUT2D eigenvalue weighted by molar-refractivity contribution is 0.517. The fourth-order valence-corrected chi connectivity index (χ4v) is 2.27. The second-order valence-corrected chi connectivity index (χ2v) is 5.77. The Balaban J connectivity index is 2.08. The second kappa shape index (κ2) is 6.41. The number of nitrogens with zero attached hydrogens (tertiary/aromatic N) is 1. The average molecular weight is 282 g/mol. The summed E-state index contributed by atoms with van der Waals surface area (Å²) in [5.74, 6) is -0.485. The molecule has 0 aliphatic carbocycles. The number of nitriles is 1. The standard InChI is InChI=1S/C18H19FN2/c1-18(2,12-11-14-7-4-3-5-8-14)21-17-10-6-9-16(19)15(17)13-20/h3-10,21H,11-12H2,1-2H3. The van der Waals surface area contributed by atoms with Crippen LogP contribution in [0.1, 0.15) is 31.4 Å². The van der Waals surface area contributed by atoms with E-state index in [1.54, 1.807) is 12.1 Å². The third-order valence-corrected chi connectivity index (χ3v) is 3.48. The van der Waals surface area contributed by atoms with Gasteiger partial charge < -0.3 is 5.32 Å². The summed E-state index contributed by atoms with van der Waals surface area (Å²) in [5, 5.41) is 12.4. The number of anilines is 1. The third-order valence-electron chi connectivity index (χ3n) is 3.48. The Bertz CT molecular complexity index is 642. The molecule has 0 atom stereocenters. The molecule has 3 heteroatoms. The molecule has 0 aliphatic rings. The second-order valence-electron chi connectivity index (χ2n) is 5.77. The molecule has 1 N–H and O–H groups in total. The molecular weight excluding hydrogens is 263 g/mol. The van der Waals surface area contributed by atoms with Gasteiger partial charge in [-0.15, -0.1) is 0 Å². The van der Waals surface area contributed by atoms with Crippen LogP contribution in [0.2, 0.25) is 0 Å². The lowest BCUT2D eigenvalue weighted by atomic mass is 9.94. The van der Waals surface area contributed by atoms with E-state index in [9.17, 15) is 4.39 Å². The number of hydrogen-bond acceptors (Lipinski definition) is 2. The highest BCUT2D eigenvalue weighted by molar-refractivity contribution is 5.59. The fourth-order valence-electron chi connectivity index (χ4n) is 2.27. The Morgan fingerprint density at radius 2 is 1.81 bits per heavy atom. The smallest absolute Gasteiger partial charge is 0.143 e. The monoisotopic (exact) mass is 282 g/mol. The van der Waals surface area contributed by atoms with Crippen molar-refractivity contribution in [3.05, 3.63) is 65.5 Å². The molecular formula is C18H19FN2. The van der Waals surface area contributed by atoms with Crippen LogP contribution in [-0.4, -0.2) is 5.54 Å². The van der Waals surface area contributed by atoms with E-state index in [0.29, 0.717) is 5.69 Å². The number of halogens is 1. The van der Waals surface area contributed by atoms with Gasteiger partial charge in [0.25, 0.3) is 0 Å². The van der Waals surface area contributed by atoms with Gasteiger partial charge >= 0.3 is 0 Å². The molecule has 0 unspecified atom stereocenters. The highest BCUT2D eigenvalue weighted by Gasteiger charge is 2.19. The minimum Gasteiger partial charge on any atom is -0.379 e. The molecule has 2 aromatic rings. The van der Waals surface area contributed by atoms with Crippen LogP contribution in [0.3, 0.4) is 0 Å². The molecule has 0 saturated heterocycles. The molecule has 21 heavy (non-hydrogen) atoms. The Kier molecular flexibility index (Phi) is 4.59. The number of benzene rings is 2. The summed E-state index contributed by atoms with van der Waals surface area (Å²) in [6, 6.07) is 16.8. The highest BCUT2D eigenvalue weighted by Crippen LogP contribution is 2.24. The van der Waals surface area contributed by atoms with Gasteiger partial charge in [-0.3, -0.25) is 0 Å². The summed E-state index contributed by atoms with van der Waals surface area (Å²) >= 11 is 0. The Labute approximate surface area is 125 Å². The van der Waals surface area contributed by atoms with E-state index < -0.39 is 5.82 Å². The maximum Gasteiger partial charge on any atom is 0.143 e. The van der Waals surface area contributed by atoms with Crippen molar-refractivity contribution >= 4 is 5.69 Å². The molecule has 0 bridgehead atoms. The number of nitrogens with one attached hydrogen (secondary N) is 1. The zero-order valence-electron chi connectivity index (χ0n) is 12.4. The van der Waals surface area contributed by atoms with Crippen molar-refractivity contribution in [1.29, 1.82) is 5.26 Å². The average Bonchev–Trinajstić information content (AvgIpc) is 2.46. The van der Waals surface area contributed by atoms with E-state index in [-0.39, 0.29) is 11.1 Å². The minimum absolute atomic E-state index is 0.0743. The van der Waals surface area contributed by atoms with Gasteiger partial charge in [-0.1, -0.05) is 36.4 Å². The van der Waals surface area contributed by atoms with Crippen molar-refractivity contribution in [2.24, 2.45) is 0 Å². The first-order valence-electron chi connectivity index (χ1n) is 7.02. The van der Waals surface area contributed by atoms with Crippen molar-refractivity contribution in [2.75, 3.05) is 5.32 Å². The Hall–Kier alpha value is -2.34. The maximum absolute atomic E-state index is 13.6. The van der Waals surface area contributed by atoms with Gasteiger partial charge in [-0.25, -0.2) is 4.39 Å². The Morgan fingerprint density at radius 1 is 1.10 bits per heavy atom. The quantitative estimate of drug-likeness (QED) is 0.875. The third kappa shape index (κ3) is 4.06. The van der Waals surface area contributed by atoms with Gasteiger partial charge in [0, 0.05) is 5.54 Å². The van der Waals surface area contributed by atoms with E-state index in [0.717, 1.165) is 12.8 Å². The van der Waals surface area contributed by atoms with Crippen LogP contribution in [0.15, 0.2) is 48.5 Å². The van der Waals surface area contributed by atoms with Gasteiger partial charge in [0.15, 0.2) is 0 Å². The zero-order valence-corrected chi connectivity index (χ0v) is 12.4. The summed E-state index contributed by atoms with van der Waals surface area (Å²) in [5.41, 5.74) is 1.67. The van der Waals surface area contributed by atoms with Gasteiger partial charge in [-0.05, 0) is 44.4 Å². The highest BCUT2D eigenvalue weighted by atomic mass is 19.1. The van der Waals surface area contributed by atoms with Crippen molar-refractivity contribution in [3.8, 4) is 6.07 Å². The molecule has 108 valence electrons. The first-order chi connectivity index (χ1) is 10.0. The lowest BCUT2D eigenvalue weighted by Gasteiger charge is -2.28. The SMILES string of the molecule is CC(C)(CCc1ccccc1)Nc1cccc(F)c1C#N. The number of rotatable bonds is 5. The molecule has 0 radical (unpaired) electrons. The summed E-state index contributed by atoms with van der Waals surface area (Å²) < 4.78 is 13.6. The largest absolute Gasteiger partial charge is 0.379 e. The lowest BCUT2D eigenvalue weighted by Crippen LogP contribution is -2.32. The molecule has 0 fully saturated rings. The predicted molar refractivity (Wildman–Crippen MR) is 83.6 cm³/mol. The van der Waals surface area contributed by atoms with Crippen molar-refractivity contribution < 1.29 is 4.39 Å². The number of aryl methyl sites for hydroxylation is 1.